The van der Waals surface area contributed by atoms with E-state index >= 15 is 0 Å². The average Bonchev–Trinajstić information content (AvgIpc) is 2.71. The first kappa shape index (κ1) is 11.7. The number of aromatic nitrogens is 1. The van der Waals surface area contributed by atoms with Crippen LogP contribution < -0.4 is 5.32 Å². The van der Waals surface area contributed by atoms with Crippen molar-refractivity contribution < 1.29 is 0 Å². The van der Waals surface area contributed by atoms with Gasteiger partial charge in [0.1, 0.15) is 0 Å². The number of hydrogen-bond acceptors (Lipinski definition) is 3. The van der Waals surface area contributed by atoms with Crippen molar-refractivity contribution in [1.29, 1.82) is 0 Å². The fourth-order valence-corrected chi connectivity index (χ4v) is 2.70. The van der Waals surface area contributed by atoms with Crippen LogP contribution in [0.1, 0.15) is 6.92 Å². The third-order valence-electron chi connectivity index (χ3n) is 2.05. The van der Waals surface area contributed by atoms with Gasteiger partial charge in [-0.3, -0.25) is 0 Å². The topological polar surface area (TPSA) is 24.9 Å². The molecular weight excluding hydrogens is 263 g/mol. The smallest absolute Gasteiger partial charge is 0.183 e. The Labute approximate surface area is 108 Å². The summed E-state index contributed by atoms with van der Waals surface area (Å²) in [5.41, 5.74) is 0.927. The quantitative estimate of drug-likeness (QED) is 0.887. The Morgan fingerprint density at radius 3 is 2.94 bits per heavy atom. The molecule has 1 aromatic heterocycles. The number of anilines is 1. The zero-order valence-electron chi connectivity index (χ0n) is 8.63. The number of hydrogen-bond donors (Lipinski definition) is 1. The van der Waals surface area contributed by atoms with Gasteiger partial charge in [0.15, 0.2) is 5.13 Å². The molecule has 0 unspecified atom stereocenters. The van der Waals surface area contributed by atoms with E-state index in [-0.39, 0.29) is 0 Å². The predicted molar refractivity (Wildman–Crippen MR) is 71.7 cm³/mol. The molecule has 0 aliphatic heterocycles. The summed E-state index contributed by atoms with van der Waals surface area (Å²) in [5.74, 6) is 0. The fraction of sp³-hybridized carbons (Fsp3) is 0.182. The van der Waals surface area contributed by atoms with E-state index in [0.717, 1.165) is 22.1 Å². The zero-order valence-corrected chi connectivity index (χ0v) is 11.0. The molecule has 16 heavy (non-hydrogen) atoms. The lowest BCUT2D eigenvalue weighted by Gasteiger charge is -2.01. The second-order valence-electron chi connectivity index (χ2n) is 3.16. The Bertz CT molecular complexity index is 496. The number of rotatable bonds is 3. The van der Waals surface area contributed by atoms with E-state index in [1.54, 1.807) is 23.6 Å². The van der Waals surface area contributed by atoms with Crippen molar-refractivity contribution in [2.45, 2.75) is 6.92 Å². The molecule has 2 aromatic rings. The lowest BCUT2D eigenvalue weighted by molar-refractivity contribution is 1.19. The molecule has 0 spiro atoms. The van der Waals surface area contributed by atoms with Crippen molar-refractivity contribution in [2.24, 2.45) is 0 Å². The molecule has 0 atom stereocenters. The van der Waals surface area contributed by atoms with Crippen molar-refractivity contribution in [3.8, 4) is 10.4 Å². The van der Waals surface area contributed by atoms with E-state index in [2.05, 4.69) is 10.3 Å². The van der Waals surface area contributed by atoms with Crippen LogP contribution in [0.4, 0.5) is 5.13 Å². The van der Waals surface area contributed by atoms with Crippen LogP contribution in [0.25, 0.3) is 10.4 Å². The molecule has 0 fully saturated rings. The Morgan fingerprint density at radius 1 is 1.38 bits per heavy atom. The molecule has 2 rings (SSSR count). The molecule has 0 aliphatic carbocycles. The number of nitrogens with zero attached hydrogens (tertiary/aromatic N) is 1. The highest BCUT2D eigenvalue weighted by Crippen LogP contribution is 2.37. The van der Waals surface area contributed by atoms with Crippen LogP contribution in [-0.4, -0.2) is 11.5 Å². The Kier molecular flexibility index (Phi) is 3.69. The number of thiazole rings is 1. The van der Waals surface area contributed by atoms with Crippen molar-refractivity contribution in [3.63, 3.8) is 0 Å². The van der Waals surface area contributed by atoms with E-state index in [1.165, 1.54) is 0 Å². The predicted octanol–water partition coefficient (Wildman–Crippen LogP) is 4.55. The van der Waals surface area contributed by atoms with Crippen LogP contribution >= 0.6 is 34.5 Å². The Balaban J connectivity index is 2.39. The third kappa shape index (κ3) is 2.32. The second kappa shape index (κ2) is 5.04. The van der Waals surface area contributed by atoms with Crippen LogP contribution in [0, 0.1) is 0 Å². The molecule has 0 radical (unpaired) electrons. The maximum absolute atomic E-state index is 6.14. The van der Waals surface area contributed by atoms with E-state index in [0.29, 0.717) is 10.0 Å². The first-order valence-electron chi connectivity index (χ1n) is 4.86. The highest BCUT2D eigenvalue weighted by Gasteiger charge is 2.09. The van der Waals surface area contributed by atoms with Gasteiger partial charge in [0.25, 0.3) is 0 Å². The van der Waals surface area contributed by atoms with Crippen molar-refractivity contribution in [3.05, 3.63) is 34.4 Å². The summed E-state index contributed by atoms with van der Waals surface area (Å²) in [7, 11) is 0. The first-order chi connectivity index (χ1) is 7.72. The third-order valence-corrected chi connectivity index (χ3v) is 3.86. The summed E-state index contributed by atoms with van der Waals surface area (Å²) in [6.45, 7) is 2.89. The minimum atomic E-state index is 0.567. The summed E-state index contributed by atoms with van der Waals surface area (Å²) in [4.78, 5) is 5.28. The number of nitrogens with one attached hydrogen (secondary N) is 1. The summed E-state index contributed by atoms with van der Waals surface area (Å²) < 4.78 is 0. The van der Waals surface area contributed by atoms with Gasteiger partial charge in [-0.2, -0.15) is 0 Å². The maximum atomic E-state index is 6.14. The normalized spacial score (nSPS) is 10.4. The molecule has 1 N–H and O–H groups in total. The summed E-state index contributed by atoms with van der Waals surface area (Å²) >= 11 is 13.7. The highest BCUT2D eigenvalue weighted by molar-refractivity contribution is 7.18. The van der Waals surface area contributed by atoms with E-state index < -0.39 is 0 Å². The second-order valence-corrected chi connectivity index (χ2v) is 4.98. The van der Waals surface area contributed by atoms with E-state index in [1.807, 2.05) is 19.1 Å². The first-order valence-corrected chi connectivity index (χ1v) is 6.43. The average molecular weight is 273 g/mol. The van der Waals surface area contributed by atoms with Crippen LogP contribution in [0.5, 0.6) is 0 Å². The van der Waals surface area contributed by atoms with Gasteiger partial charge in [0.2, 0.25) is 0 Å². The Morgan fingerprint density at radius 2 is 2.19 bits per heavy atom. The van der Waals surface area contributed by atoms with Gasteiger partial charge >= 0.3 is 0 Å². The molecule has 0 saturated carbocycles. The number of benzene rings is 1. The van der Waals surface area contributed by atoms with Crippen molar-refractivity contribution >= 4 is 39.7 Å². The van der Waals surface area contributed by atoms with Crippen LogP contribution in [0.15, 0.2) is 24.4 Å². The molecule has 1 heterocycles. The summed E-state index contributed by atoms with van der Waals surface area (Å²) in [5, 5.41) is 5.21. The summed E-state index contributed by atoms with van der Waals surface area (Å²) in [6.07, 6.45) is 1.81. The molecule has 84 valence electrons. The zero-order chi connectivity index (χ0) is 11.5. The fourth-order valence-electron chi connectivity index (χ4n) is 1.33. The maximum Gasteiger partial charge on any atom is 0.183 e. The molecular formula is C11H10Cl2N2S. The van der Waals surface area contributed by atoms with Crippen LogP contribution in [0.2, 0.25) is 10.0 Å². The van der Waals surface area contributed by atoms with E-state index in [4.69, 9.17) is 23.2 Å². The summed E-state index contributed by atoms with van der Waals surface area (Å²) in [6, 6.07) is 5.60. The van der Waals surface area contributed by atoms with Gasteiger partial charge in [-0.15, -0.1) is 0 Å². The molecule has 0 aliphatic rings. The van der Waals surface area contributed by atoms with Gasteiger partial charge in [0.05, 0.1) is 14.9 Å². The molecule has 1 aromatic carbocycles. The van der Waals surface area contributed by atoms with Gasteiger partial charge in [-0.1, -0.05) is 46.7 Å². The van der Waals surface area contributed by atoms with Crippen LogP contribution in [-0.2, 0) is 0 Å². The lowest BCUT2D eigenvalue weighted by atomic mass is 10.2. The van der Waals surface area contributed by atoms with E-state index in [9.17, 15) is 0 Å². The van der Waals surface area contributed by atoms with Gasteiger partial charge in [-0.05, 0) is 13.0 Å². The van der Waals surface area contributed by atoms with Crippen molar-refractivity contribution in [1.82, 2.24) is 4.98 Å². The standard InChI is InChI=1S/C11H10Cl2N2S/c1-2-14-11-15-6-9(16-11)7-4-3-5-8(12)10(7)13/h3-6H,2H2,1H3,(H,14,15). The highest BCUT2D eigenvalue weighted by atomic mass is 35.5. The molecule has 0 saturated heterocycles. The van der Waals surface area contributed by atoms with Gasteiger partial charge in [-0.25, -0.2) is 4.98 Å². The molecule has 5 heteroatoms. The molecule has 2 nitrogen and oxygen atoms in total. The van der Waals surface area contributed by atoms with Gasteiger partial charge < -0.3 is 5.32 Å². The Hall–Kier alpha value is -0.770. The molecule has 0 bridgehead atoms. The van der Waals surface area contributed by atoms with Crippen molar-refractivity contribution in [2.75, 3.05) is 11.9 Å². The molecule has 0 amide bonds. The minimum Gasteiger partial charge on any atom is -0.362 e. The van der Waals surface area contributed by atoms with Gasteiger partial charge in [0, 0.05) is 18.3 Å². The number of halogens is 2. The minimum absolute atomic E-state index is 0.567. The monoisotopic (exact) mass is 272 g/mol. The SMILES string of the molecule is CCNc1ncc(-c2cccc(Cl)c2Cl)s1. The largest absolute Gasteiger partial charge is 0.362 e. The van der Waals surface area contributed by atoms with Crippen LogP contribution in [0.3, 0.4) is 0 Å². The lowest BCUT2D eigenvalue weighted by Crippen LogP contribution is -1.94.